The van der Waals surface area contributed by atoms with E-state index >= 15 is 0 Å². The van der Waals surface area contributed by atoms with Gasteiger partial charge in [0, 0.05) is 23.6 Å². The maximum atomic E-state index is 6.14. The van der Waals surface area contributed by atoms with Gasteiger partial charge in [-0.15, -0.1) is 0 Å². The molecule has 0 bridgehead atoms. The Bertz CT molecular complexity index is 607. The van der Waals surface area contributed by atoms with Crippen LogP contribution in [0.4, 0.5) is 0 Å². The molecule has 3 rings (SSSR count). The molecule has 1 unspecified atom stereocenters. The number of benzene rings is 2. The second-order valence-electron chi connectivity index (χ2n) is 4.40. The van der Waals surface area contributed by atoms with Crippen LogP contribution < -0.4 is 9.47 Å². The summed E-state index contributed by atoms with van der Waals surface area (Å²) >= 11 is 6.14. The van der Waals surface area contributed by atoms with Crippen LogP contribution in [0, 0.1) is 6.92 Å². The van der Waals surface area contributed by atoms with Crippen molar-refractivity contribution in [3.05, 3.63) is 47.0 Å². The van der Waals surface area contributed by atoms with E-state index in [-0.39, 0.29) is 6.29 Å². The van der Waals surface area contributed by atoms with E-state index in [0.717, 1.165) is 16.9 Å². The zero-order valence-electron chi connectivity index (χ0n) is 10.2. The highest BCUT2D eigenvalue weighted by molar-refractivity contribution is 6.31. The fraction of sp³-hybridized carbons (Fsp3) is 0.200. The quantitative estimate of drug-likeness (QED) is 0.755. The average Bonchev–Trinajstić information content (AvgIpc) is 2.69. The third-order valence-electron chi connectivity index (χ3n) is 3.03. The Morgan fingerprint density at radius 1 is 1.06 bits per heavy atom. The number of fused-ring (bicyclic) bond motifs is 1. The van der Waals surface area contributed by atoms with E-state index in [9.17, 15) is 0 Å². The zero-order chi connectivity index (χ0) is 12.7. The van der Waals surface area contributed by atoms with Gasteiger partial charge in [-0.2, -0.15) is 0 Å². The Labute approximate surface area is 111 Å². The van der Waals surface area contributed by atoms with Crippen molar-refractivity contribution < 1.29 is 9.47 Å². The highest BCUT2D eigenvalue weighted by atomic mass is 35.5. The normalized spacial score (nSPS) is 16.9. The summed E-state index contributed by atoms with van der Waals surface area (Å²) in [5.41, 5.74) is 3.29. The summed E-state index contributed by atoms with van der Waals surface area (Å²) in [4.78, 5) is 0. The van der Waals surface area contributed by atoms with Gasteiger partial charge >= 0.3 is 0 Å². The van der Waals surface area contributed by atoms with Gasteiger partial charge in [-0.3, -0.25) is 0 Å². The molecule has 0 spiro atoms. The highest BCUT2D eigenvalue weighted by Gasteiger charge is 2.25. The summed E-state index contributed by atoms with van der Waals surface area (Å²) < 4.78 is 11.3. The number of ether oxygens (including phenoxy) is 2. The first-order chi connectivity index (χ1) is 8.65. The van der Waals surface area contributed by atoms with Gasteiger partial charge in [0.05, 0.1) is 0 Å². The molecule has 0 fully saturated rings. The fourth-order valence-corrected chi connectivity index (χ4v) is 2.43. The molecule has 1 atom stereocenters. The van der Waals surface area contributed by atoms with E-state index < -0.39 is 0 Å². The predicted octanol–water partition coefficient (Wildman–Crippen LogP) is 4.43. The van der Waals surface area contributed by atoms with Crippen molar-refractivity contribution in [3.8, 4) is 22.6 Å². The first-order valence-electron chi connectivity index (χ1n) is 5.88. The van der Waals surface area contributed by atoms with Crippen LogP contribution in [0.3, 0.4) is 0 Å². The highest BCUT2D eigenvalue weighted by Crippen LogP contribution is 2.45. The van der Waals surface area contributed by atoms with Gasteiger partial charge in [0.25, 0.3) is 0 Å². The molecule has 2 nitrogen and oxygen atoms in total. The SMILES string of the molecule is Cc1ccccc1-c1cc(Cl)cc2c1OC(C)O2. The van der Waals surface area contributed by atoms with Crippen LogP contribution in [0.25, 0.3) is 11.1 Å². The van der Waals surface area contributed by atoms with Crippen molar-refractivity contribution in [1.29, 1.82) is 0 Å². The summed E-state index contributed by atoms with van der Waals surface area (Å²) in [6.07, 6.45) is -0.263. The molecular weight excluding hydrogens is 248 g/mol. The van der Waals surface area contributed by atoms with E-state index in [1.807, 2.05) is 25.1 Å². The molecule has 2 aromatic carbocycles. The number of aryl methyl sites for hydroxylation is 1. The molecule has 0 aromatic heterocycles. The fourth-order valence-electron chi connectivity index (χ4n) is 2.22. The first-order valence-corrected chi connectivity index (χ1v) is 6.26. The molecule has 0 aliphatic carbocycles. The smallest absolute Gasteiger partial charge is 0.238 e. The van der Waals surface area contributed by atoms with E-state index in [1.165, 1.54) is 5.56 Å². The molecule has 3 heteroatoms. The molecule has 0 N–H and O–H groups in total. The molecule has 0 saturated carbocycles. The van der Waals surface area contributed by atoms with Crippen LogP contribution in [0.2, 0.25) is 5.02 Å². The lowest BCUT2D eigenvalue weighted by molar-refractivity contribution is 0.0681. The van der Waals surface area contributed by atoms with Crippen LogP contribution >= 0.6 is 11.6 Å². The standard InChI is InChI=1S/C15H13ClO2/c1-9-5-3-4-6-12(9)13-7-11(16)8-14-15(13)18-10(2)17-14/h3-8,10H,1-2H3. The van der Waals surface area contributed by atoms with Crippen LogP contribution in [0.5, 0.6) is 11.5 Å². The van der Waals surface area contributed by atoms with Gasteiger partial charge in [0.1, 0.15) is 0 Å². The lowest BCUT2D eigenvalue weighted by Crippen LogP contribution is -2.11. The van der Waals surface area contributed by atoms with Crippen molar-refractivity contribution in [2.24, 2.45) is 0 Å². The summed E-state index contributed by atoms with van der Waals surface area (Å²) in [5.74, 6) is 1.49. The third-order valence-corrected chi connectivity index (χ3v) is 3.25. The predicted molar refractivity (Wildman–Crippen MR) is 72.3 cm³/mol. The largest absolute Gasteiger partial charge is 0.451 e. The first kappa shape index (κ1) is 11.4. The summed E-state index contributed by atoms with van der Waals surface area (Å²) in [7, 11) is 0. The topological polar surface area (TPSA) is 18.5 Å². The van der Waals surface area contributed by atoms with Gasteiger partial charge in [-0.05, 0) is 24.1 Å². The molecule has 1 aliphatic rings. The van der Waals surface area contributed by atoms with Crippen molar-refractivity contribution in [1.82, 2.24) is 0 Å². The Morgan fingerprint density at radius 3 is 2.61 bits per heavy atom. The van der Waals surface area contributed by atoms with Crippen molar-refractivity contribution in [2.45, 2.75) is 20.1 Å². The van der Waals surface area contributed by atoms with Gasteiger partial charge in [-0.25, -0.2) is 0 Å². The molecular formula is C15H13ClO2. The molecule has 1 heterocycles. The number of hydrogen-bond acceptors (Lipinski definition) is 2. The minimum Gasteiger partial charge on any atom is -0.451 e. The van der Waals surface area contributed by atoms with Crippen LogP contribution in [0.15, 0.2) is 36.4 Å². The Hall–Kier alpha value is -1.67. The van der Waals surface area contributed by atoms with E-state index in [0.29, 0.717) is 10.8 Å². The lowest BCUT2D eigenvalue weighted by atomic mass is 9.99. The Morgan fingerprint density at radius 2 is 1.83 bits per heavy atom. The van der Waals surface area contributed by atoms with Crippen molar-refractivity contribution in [3.63, 3.8) is 0 Å². The van der Waals surface area contributed by atoms with E-state index in [2.05, 4.69) is 19.1 Å². The van der Waals surface area contributed by atoms with Crippen LogP contribution in [-0.2, 0) is 0 Å². The second-order valence-corrected chi connectivity index (χ2v) is 4.84. The lowest BCUT2D eigenvalue weighted by Gasteiger charge is -2.10. The molecule has 0 radical (unpaired) electrons. The monoisotopic (exact) mass is 260 g/mol. The molecule has 0 saturated heterocycles. The zero-order valence-corrected chi connectivity index (χ0v) is 11.0. The summed E-state index contributed by atoms with van der Waals surface area (Å²) in [6.45, 7) is 3.94. The molecule has 1 aliphatic heterocycles. The second kappa shape index (κ2) is 4.21. The van der Waals surface area contributed by atoms with E-state index in [4.69, 9.17) is 21.1 Å². The molecule has 0 amide bonds. The van der Waals surface area contributed by atoms with Crippen molar-refractivity contribution in [2.75, 3.05) is 0 Å². The van der Waals surface area contributed by atoms with Gasteiger partial charge in [0.15, 0.2) is 11.5 Å². The minimum absolute atomic E-state index is 0.263. The molecule has 92 valence electrons. The van der Waals surface area contributed by atoms with Crippen LogP contribution in [-0.4, -0.2) is 6.29 Å². The third kappa shape index (κ3) is 1.83. The maximum absolute atomic E-state index is 6.14. The molecule has 18 heavy (non-hydrogen) atoms. The van der Waals surface area contributed by atoms with Gasteiger partial charge in [0.2, 0.25) is 6.29 Å². The molecule has 2 aromatic rings. The van der Waals surface area contributed by atoms with Crippen molar-refractivity contribution >= 4 is 11.6 Å². The van der Waals surface area contributed by atoms with Crippen LogP contribution in [0.1, 0.15) is 12.5 Å². The number of hydrogen-bond donors (Lipinski definition) is 0. The summed E-state index contributed by atoms with van der Waals surface area (Å²) in [5, 5.41) is 0.657. The maximum Gasteiger partial charge on any atom is 0.238 e. The summed E-state index contributed by atoms with van der Waals surface area (Å²) in [6, 6.07) is 11.9. The van der Waals surface area contributed by atoms with Gasteiger partial charge < -0.3 is 9.47 Å². The number of rotatable bonds is 1. The Balaban J connectivity index is 2.22. The minimum atomic E-state index is -0.263. The van der Waals surface area contributed by atoms with E-state index in [1.54, 1.807) is 6.07 Å². The van der Waals surface area contributed by atoms with Gasteiger partial charge in [-0.1, -0.05) is 35.9 Å². The Kier molecular flexibility index (Phi) is 2.67. The average molecular weight is 261 g/mol. The number of halogens is 1.